The first kappa shape index (κ1) is 17.9. The van der Waals surface area contributed by atoms with Crippen LogP contribution < -0.4 is 5.32 Å². The van der Waals surface area contributed by atoms with E-state index in [-0.39, 0.29) is 5.69 Å². The van der Waals surface area contributed by atoms with E-state index in [0.717, 1.165) is 0 Å². The van der Waals surface area contributed by atoms with Gasteiger partial charge in [-0.2, -0.15) is 0 Å². The number of nitrogens with zero attached hydrogens (tertiary/aromatic N) is 1. The molecule has 0 aliphatic rings. The molecule has 0 heterocycles. The number of nitrogens with one attached hydrogen (secondary N) is 1. The number of hydrogen-bond donors (Lipinski definition) is 1. The SMILES string of the molecule is CCOC(=O)c1ccc(NC(=O)C=Cc2cccc([N+](=O)[O-])c2)cc1. The number of carbonyl (C=O) groups is 2. The van der Waals surface area contributed by atoms with E-state index in [1.165, 1.54) is 24.3 Å². The molecule has 2 rings (SSSR count). The molecule has 0 aliphatic carbocycles. The van der Waals surface area contributed by atoms with E-state index in [9.17, 15) is 19.7 Å². The van der Waals surface area contributed by atoms with Gasteiger partial charge in [-0.1, -0.05) is 12.1 Å². The van der Waals surface area contributed by atoms with Crippen LogP contribution in [0.2, 0.25) is 0 Å². The van der Waals surface area contributed by atoms with Gasteiger partial charge in [-0.05, 0) is 42.8 Å². The van der Waals surface area contributed by atoms with Crippen LogP contribution in [-0.4, -0.2) is 23.4 Å². The van der Waals surface area contributed by atoms with Gasteiger partial charge in [0.05, 0.1) is 17.1 Å². The highest BCUT2D eigenvalue weighted by Crippen LogP contribution is 2.15. The summed E-state index contributed by atoms with van der Waals surface area (Å²) in [7, 11) is 0. The van der Waals surface area contributed by atoms with Crippen LogP contribution in [0, 0.1) is 10.1 Å². The fourth-order valence-corrected chi connectivity index (χ4v) is 2.00. The van der Waals surface area contributed by atoms with Gasteiger partial charge < -0.3 is 10.1 Å². The maximum atomic E-state index is 11.9. The monoisotopic (exact) mass is 340 g/mol. The second-order valence-corrected chi connectivity index (χ2v) is 4.97. The summed E-state index contributed by atoms with van der Waals surface area (Å²) in [6.07, 6.45) is 2.76. The molecule has 0 aromatic heterocycles. The van der Waals surface area contributed by atoms with E-state index in [1.54, 1.807) is 43.3 Å². The number of nitro groups is 1. The highest BCUT2D eigenvalue weighted by atomic mass is 16.6. The molecule has 0 radical (unpaired) electrons. The highest BCUT2D eigenvalue weighted by Gasteiger charge is 2.07. The lowest BCUT2D eigenvalue weighted by atomic mass is 10.2. The number of carbonyl (C=O) groups excluding carboxylic acids is 2. The van der Waals surface area contributed by atoms with Gasteiger partial charge in [0.15, 0.2) is 0 Å². The number of non-ortho nitro benzene ring substituents is 1. The molecular weight excluding hydrogens is 324 g/mol. The van der Waals surface area contributed by atoms with Crippen molar-refractivity contribution in [2.24, 2.45) is 0 Å². The lowest BCUT2D eigenvalue weighted by molar-refractivity contribution is -0.384. The second-order valence-electron chi connectivity index (χ2n) is 4.97. The van der Waals surface area contributed by atoms with Crippen molar-refractivity contribution in [2.45, 2.75) is 6.92 Å². The molecular formula is C18H16N2O5. The average Bonchev–Trinajstić information content (AvgIpc) is 2.61. The summed E-state index contributed by atoms with van der Waals surface area (Å²) in [5.74, 6) is -0.818. The van der Waals surface area contributed by atoms with E-state index in [1.807, 2.05) is 0 Å². The van der Waals surface area contributed by atoms with Crippen LogP contribution in [0.3, 0.4) is 0 Å². The van der Waals surface area contributed by atoms with Gasteiger partial charge in [-0.25, -0.2) is 4.79 Å². The van der Waals surface area contributed by atoms with E-state index in [4.69, 9.17) is 4.74 Å². The van der Waals surface area contributed by atoms with Crippen LogP contribution in [0.5, 0.6) is 0 Å². The third kappa shape index (κ3) is 5.28. The first-order chi connectivity index (χ1) is 12.0. The molecule has 0 saturated carbocycles. The van der Waals surface area contributed by atoms with Crippen molar-refractivity contribution in [3.63, 3.8) is 0 Å². The van der Waals surface area contributed by atoms with Crippen LogP contribution >= 0.6 is 0 Å². The Morgan fingerprint density at radius 3 is 2.56 bits per heavy atom. The fraction of sp³-hybridized carbons (Fsp3) is 0.111. The lowest BCUT2D eigenvalue weighted by Gasteiger charge is -2.04. The largest absolute Gasteiger partial charge is 0.462 e. The van der Waals surface area contributed by atoms with Gasteiger partial charge in [0.25, 0.3) is 5.69 Å². The predicted octanol–water partition coefficient (Wildman–Crippen LogP) is 3.42. The topological polar surface area (TPSA) is 98.5 Å². The Morgan fingerprint density at radius 2 is 1.92 bits per heavy atom. The van der Waals surface area contributed by atoms with Gasteiger partial charge in [-0.15, -0.1) is 0 Å². The molecule has 0 aliphatic heterocycles. The zero-order valence-corrected chi connectivity index (χ0v) is 13.5. The third-order valence-corrected chi connectivity index (χ3v) is 3.17. The third-order valence-electron chi connectivity index (χ3n) is 3.17. The van der Waals surface area contributed by atoms with Crippen molar-refractivity contribution in [3.05, 3.63) is 75.8 Å². The summed E-state index contributed by atoms with van der Waals surface area (Å²) in [6, 6.07) is 12.2. The van der Waals surface area contributed by atoms with Crippen molar-refractivity contribution in [1.29, 1.82) is 0 Å². The fourth-order valence-electron chi connectivity index (χ4n) is 2.00. The van der Waals surface area contributed by atoms with Gasteiger partial charge in [-0.3, -0.25) is 14.9 Å². The predicted molar refractivity (Wildman–Crippen MR) is 93.2 cm³/mol. The molecule has 2 aromatic rings. The minimum Gasteiger partial charge on any atom is -0.462 e. The molecule has 25 heavy (non-hydrogen) atoms. The summed E-state index contributed by atoms with van der Waals surface area (Å²) >= 11 is 0. The van der Waals surface area contributed by atoms with Gasteiger partial charge in [0.2, 0.25) is 5.91 Å². The Balaban J connectivity index is 1.99. The zero-order chi connectivity index (χ0) is 18.2. The molecule has 1 N–H and O–H groups in total. The van der Waals surface area contributed by atoms with Crippen molar-refractivity contribution in [1.82, 2.24) is 0 Å². The zero-order valence-electron chi connectivity index (χ0n) is 13.5. The number of hydrogen-bond acceptors (Lipinski definition) is 5. The maximum Gasteiger partial charge on any atom is 0.338 e. The number of ether oxygens (including phenoxy) is 1. The number of anilines is 1. The Hall–Kier alpha value is -3.48. The smallest absolute Gasteiger partial charge is 0.338 e. The molecule has 128 valence electrons. The Kier molecular flexibility index (Phi) is 6.00. The number of esters is 1. The Labute approximate surface area is 144 Å². The molecule has 2 aromatic carbocycles. The number of amides is 1. The molecule has 0 atom stereocenters. The summed E-state index contributed by atoms with van der Waals surface area (Å²) in [5, 5.41) is 13.4. The van der Waals surface area contributed by atoms with Gasteiger partial charge in [0, 0.05) is 23.9 Å². The van der Waals surface area contributed by atoms with Crippen LogP contribution in [0.15, 0.2) is 54.6 Å². The molecule has 0 fully saturated rings. The Bertz CT molecular complexity index is 812. The van der Waals surface area contributed by atoms with E-state index < -0.39 is 16.8 Å². The first-order valence-electron chi connectivity index (χ1n) is 7.50. The standard InChI is InChI=1S/C18H16N2O5/c1-2-25-18(22)14-7-9-15(10-8-14)19-17(21)11-6-13-4-3-5-16(12-13)20(23)24/h3-12H,2H2,1H3,(H,19,21). The van der Waals surface area contributed by atoms with Crippen LogP contribution in [0.25, 0.3) is 6.08 Å². The van der Waals surface area contributed by atoms with E-state index in [2.05, 4.69) is 5.32 Å². The molecule has 7 nitrogen and oxygen atoms in total. The average molecular weight is 340 g/mol. The Morgan fingerprint density at radius 1 is 1.20 bits per heavy atom. The normalized spacial score (nSPS) is 10.4. The van der Waals surface area contributed by atoms with E-state index >= 15 is 0 Å². The summed E-state index contributed by atoms with van der Waals surface area (Å²) in [5.41, 5.74) is 1.41. The van der Waals surface area contributed by atoms with Crippen molar-refractivity contribution in [3.8, 4) is 0 Å². The van der Waals surface area contributed by atoms with Crippen molar-refractivity contribution in [2.75, 3.05) is 11.9 Å². The second kappa shape index (κ2) is 8.39. The molecule has 0 bridgehead atoms. The summed E-state index contributed by atoms with van der Waals surface area (Å²) < 4.78 is 4.88. The summed E-state index contributed by atoms with van der Waals surface area (Å²) in [6.45, 7) is 2.01. The van der Waals surface area contributed by atoms with Crippen molar-refractivity contribution < 1.29 is 19.2 Å². The number of rotatable bonds is 6. The molecule has 1 amide bonds. The minimum atomic E-state index is -0.498. The van der Waals surface area contributed by atoms with Gasteiger partial charge >= 0.3 is 5.97 Å². The number of nitro benzene ring substituents is 1. The minimum absolute atomic E-state index is 0.0443. The van der Waals surface area contributed by atoms with Crippen LogP contribution in [0.1, 0.15) is 22.8 Å². The number of benzene rings is 2. The lowest BCUT2D eigenvalue weighted by Crippen LogP contribution is -2.08. The molecule has 0 saturated heterocycles. The van der Waals surface area contributed by atoms with Gasteiger partial charge in [0.1, 0.15) is 0 Å². The van der Waals surface area contributed by atoms with E-state index in [0.29, 0.717) is 23.4 Å². The van der Waals surface area contributed by atoms with Crippen LogP contribution in [-0.2, 0) is 9.53 Å². The molecule has 7 heteroatoms. The molecule has 0 unspecified atom stereocenters. The summed E-state index contributed by atoms with van der Waals surface area (Å²) in [4.78, 5) is 33.7. The highest BCUT2D eigenvalue weighted by molar-refractivity contribution is 6.02. The van der Waals surface area contributed by atoms with Crippen LogP contribution in [0.4, 0.5) is 11.4 Å². The molecule has 0 spiro atoms. The first-order valence-corrected chi connectivity index (χ1v) is 7.50. The quantitative estimate of drug-likeness (QED) is 0.376. The maximum absolute atomic E-state index is 11.9. The van der Waals surface area contributed by atoms with Crippen molar-refractivity contribution >= 4 is 29.3 Å².